The predicted molar refractivity (Wildman–Crippen MR) is 49.4 cm³/mol. The molecule has 0 aliphatic heterocycles. The molecule has 0 aliphatic rings. The van der Waals surface area contributed by atoms with Gasteiger partial charge in [0.05, 0.1) is 0 Å². The standard InChI is InChI=1S/C8H19N.Na.H/c1-6(2)8(5-9)7(3)4;;/h6-8H,5,9H2,1-4H3;;. The molecule has 0 rings (SSSR count). The van der Waals surface area contributed by atoms with E-state index in [1.54, 1.807) is 0 Å². The molecule has 0 atom stereocenters. The van der Waals surface area contributed by atoms with Gasteiger partial charge in [0, 0.05) is 0 Å². The third kappa shape index (κ3) is 4.73. The van der Waals surface area contributed by atoms with E-state index in [1.165, 1.54) is 0 Å². The fourth-order valence-corrected chi connectivity index (χ4v) is 1.31. The Morgan fingerprint density at radius 3 is 1.30 bits per heavy atom. The molecule has 0 heterocycles. The van der Waals surface area contributed by atoms with Crippen molar-refractivity contribution in [1.29, 1.82) is 0 Å². The molecule has 0 fully saturated rings. The van der Waals surface area contributed by atoms with Gasteiger partial charge in [-0.25, -0.2) is 0 Å². The van der Waals surface area contributed by atoms with E-state index in [-0.39, 0.29) is 29.6 Å². The first-order valence-corrected chi connectivity index (χ1v) is 3.79. The van der Waals surface area contributed by atoms with Crippen LogP contribution in [0, 0.1) is 17.8 Å². The van der Waals surface area contributed by atoms with Gasteiger partial charge in [-0.15, -0.1) is 0 Å². The molecule has 0 saturated heterocycles. The summed E-state index contributed by atoms with van der Waals surface area (Å²) in [6.45, 7) is 9.76. The fourth-order valence-electron chi connectivity index (χ4n) is 1.31. The summed E-state index contributed by atoms with van der Waals surface area (Å²) in [4.78, 5) is 0. The molecule has 58 valence electrons. The fraction of sp³-hybridized carbons (Fsp3) is 1.00. The molecular weight excluding hydrogens is 133 g/mol. The minimum absolute atomic E-state index is 0. The van der Waals surface area contributed by atoms with Gasteiger partial charge in [0.25, 0.3) is 0 Å². The summed E-state index contributed by atoms with van der Waals surface area (Å²) in [6.07, 6.45) is 0. The Hall–Kier alpha value is 0.960. The molecule has 0 aromatic heterocycles. The van der Waals surface area contributed by atoms with Crippen molar-refractivity contribution in [2.75, 3.05) is 6.54 Å². The normalized spacial score (nSPS) is 10.8. The van der Waals surface area contributed by atoms with Crippen LogP contribution >= 0.6 is 0 Å². The van der Waals surface area contributed by atoms with Crippen LogP contribution in [0.1, 0.15) is 27.7 Å². The van der Waals surface area contributed by atoms with E-state index in [1.807, 2.05) is 0 Å². The van der Waals surface area contributed by atoms with E-state index in [0.29, 0.717) is 5.92 Å². The Morgan fingerprint density at radius 2 is 1.30 bits per heavy atom. The molecule has 0 aromatic carbocycles. The average Bonchev–Trinajstić information content (AvgIpc) is 1.64. The molecule has 0 spiro atoms. The van der Waals surface area contributed by atoms with Crippen LogP contribution in [0.5, 0.6) is 0 Å². The van der Waals surface area contributed by atoms with E-state index in [9.17, 15) is 0 Å². The number of rotatable bonds is 3. The summed E-state index contributed by atoms with van der Waals surface area (Å²) in [5.74, 6) is 2.16. The number of hydrogen-bond acceptors (Lipinski definition) is 1. The second-order valence-corrected chi connectivity index (χ2v) is 3.39. The molecule has 2 heteroatoms. The second-order valence-electron chi connectivity index (χ2n) is 3.39. The van der Waals surface area contributed by atoms with Gasteiger partial charge in [-0.2, -0.15) is 0 Å². The molecule has 0 saturated carbocycles. The molecule has 2 N–H and O–H groups in total. The quantitative estimate of drug-likeness (QED) is 0.606. The van der Waals surface area contributed by atoms with Gasteiger partial charge in [0.1, 0.15) is 0 Å². The molecular formula is C8H20NNa. The monoisotopic (exact) mass is 153 g/mol. The van der Waals surface area contributed by atoms with E-state index in [4.69, 9.17) is 5.73 Å². The van der Waals surface area contributed by atoms with Crippen molar-refractivity contribution in [1.82, 2.24) is 0 Å². The molecule has 10 heavy (non-hydrogen) atoms. The van der Waals surface area contributed by atoms with Crippen LogP contribution in [0.4, 0.5) is 0 Å². The summed E-state index contributed by atoms with van der Waals surface area (Å²) < 4.78 is 0. The zero-order valence-electron chi connectivity index (χ0n) is 7.02. The van der Waals surface area contributed by atoms with Gasteiger partial charge >= 0.3 is 29.6 Å². The Balaban J connectivity index is 0. The third-order valence-corrected chi connectivity index (χ3v) is 1.98. The second kappa shape index (κ2) is 6.66. The van der Waals surface area contributed by atoms with Crippen molar-refractivity contribution in [3.63, 3.8) is 0 Å². The summed E-state index contributed by atoms with van der Waals surface area (Å²) >= 11 is 0. The van der Waals surface area contributed by atoms with E-state index >= 15 is 0 Å². The first kappa shape index (κ1) is 13.5. The van der Waals surface area contributed by atoms with E-state index < -0.39 is 0 Å². The number of hydrogen-bond donors (Lipinski definition) is 1. The molecule has 1 nitrogen and oxygen atoms in total. The van der Waals surface area contributed by atoms with Crippen LogP contribution in [-0.2, 0) is 0 Å². The first-order chi connectivity index (χ1) is 4.09. The molecule has 0 aromatic rings. The van der Waals surface area contributed by atoms with Gasteiger partial charge < -0.3 is 5.73 Å². The maximum atomic E-state index is 5.57. The van der Waals surface area contributed by atoms with Crippen LogP contribution in [0.25, 0.3) is 0 Å². The summed E-state index contributed by atoms with van der Waals surface area (Å²) in [6, 6.07) is 0. The Kier molecular flexibility index (Phi) is 9.02. The van der Waals surface area contributed by atoms with Crippen LogP contribution in [0.15, 0.2) is 0 Å². The predicted octanol–water partition coefficient (Wildman–Crippen LogP) is 1.22. The van der Waals surface area contributed by atoms with Crippen LogP contribution < -0.4 is 5.73 Å². The zero-order valence-corrected chi connectivity index (χ0v) is 7.02. The van der Waals surface area contributed by atoms with Crippen molar-refractivity contribution in [2.45, 2.75) is 27.7 Å². The molecule has 0 amide bonds. The van der Waals surface area contributed by atoms with Crippen molar-refractivity contribution in [3.05, 3.63) is 0 Å². The van der Waals surface area contributed by atoms with Crippen molar-refractivity contribution >= 4 is 29.6 Å². The van der Waals surface area contributed by atoms with E-state index in [0.717, 1.165) is 18.4 Å². The van der Waals surface area contributed by atoms with Crippen LogP contribution in [0.2, 0.25) is 0 Å². The van der Waals surface area contributed by atoms with E-state index in [2.05, 4.69) is 27.7 Å². The third-order valence-electron chi connectivity index (χ3n) is 1.98. The number of nitrogens with two attached hydrogens (primary N) is 1. The molecule has 0 aliphatic carbocycles. The molecule has 0 unspecified atom stereocenters. The molecule has 0 radical (unpaired) electrons. The van der Waals surface area contributed by atoms with Crippen LogP contribution in [0.3, 0.4) is 0 Å². The topological polar surface area (TPSA) is 26.0 Å². The Morgan fingerprint density at radius 1 is 1.00 bits per heavy atom. The van der Waals surface area contributed by atoms with Gasteiger partial charge in [-0.3, -0.25) is 0 Å². The van der Waals surface area contributed by atoms with Crippen molar-refractivity contribution < 1.29 is 0 Å². The first-order valence-electron chi connectivity index (χ1n) is 3.79. The summed E-state index contributed by atoms with van der Waals surface area (Å²) in [5.41, 5.74) is 5.57. The van der Waals surface area contributed by atoms with Gasteiger partial charge in [-0.05, 0) is 24.3 Å². The van der Waals surface area contributed by atoms with Gasteiger partial charge in [-0.1, -0.05) is 27.7 Å². The Bertz CT molecular complexity index is 63.7. The van der Waals surface area contributed by atoms with Gasteiger partial charge in [0.2, 0.25) is 0 Å². The maximum absolute atomic E-state index is 5.57. The molecule has 0 bridgehead atoms. The SMILES string of the molecule is CC(C)C(CN)C(C)C.[NaH]. The van der Waals surface area contributed by atoms with Crippen molar-refractivity contribution in [3.8, 4) is 0 Å². The van der Waals surface area contributed by atoms with Crippen LogP contribution in [-0.4, -0.2) is 36.1 Å². The summed E-state index contributed by atoms with van der Waals surface area (Å²) in [7, 11) is 0. The average molecular weight is 153 g/mol. The minimum atomic E-state index is 0. The Labute approximate surface area is 87.0 Å². The van der Waals surface area contributed by atoms with Gasteiger partial charge in [0.15, 0.2) is 0 Å². The van der Waals surface area contributed by atoms with Crippen molar-refractivity contribution in [2.24, 2.45) is 23.5 Å². The summed E-state index contributed by atoms with van der Waals surface area (Å²) in [5, 5.41) is 0. The zero-order chi connectivity index (χ0) is 7.44.